The van der Waals surface area contributed by atoms with Gasteiger partial charge in [-0.15, -0.1) is 0 Å². The molecule has 0 amide bonds. The second-order valence-corrected chi connectivity index (χ2v) is 6.20. The maximum Gasteiger partial charge on any atom is 0.0881 e. The van der Waals surface area contributed by atoms with Crippen LogP contribution < -0.4 is 5.32 Å². The average Bonchev–Trinajstić information content (AvgIpc) is 2.46. The summed E-state index contributed by atoms with van der Waals surface area (Å²) in [5.74, 6) is 0. The monoisotopic (exact) mass is 341 g/mol. The lowest BCUT2D eigenvalue weighted by Gasteiger charge is -2.43. The topological polar surface area (TPSA) is 30.5 Å². The minimum Gasteiger partial charge on any atom is -0.381 e. The maximum atomic E-state index is 6.17. The summed E-state index contributed by atoms with van der Waals surface area (Å²) in [7, 11) is 2.03. The molecule has 20 heavy (non-hydrogen) atoms. The quantitative estimate of drug-likeness (QED) is 0.861. The third-order valence-electron chi connectivity index (χ3n) is 4.08. The molecule has 2 rings (SSSR count). The van der Waals surface area contributed by atoms with Gasteiger partial charge in [0.05, 0.1) is 5.60 Å². The molecule has 0 bridgehead atoms. The molecule has 1 aliphatic heterocycles. The number of rotatable bonds is 6. The Kier molecular flexibility index (Phi) is 6.02. The summed E-state index contributed by atoms with van der Waals surface area (Å²) in [5, 5.41) is 3.47. The number of benzene rings is 1. The maximum absolute atomic E-state index is 6.17. The summed E-state index contributed by atoms with van der Waals surface area (Å²) >= 11 is 3.54. The van der Waals surface area contributed by atoms with E-state index in [1.54, 1.807) is 0 Å². The zero-order valence-corrected chi connectivity index (χ0v) is 13.9. The summed E-state index contributed by atoms with van der Waals surface area (Å²) in [4.78, 5) is 0. The molecule has 1 aromatic carbocycles. The molecule has 1 fully saturated rings. The highest BCUT2D eigenvalue weighted by molar-refractivity contribution is 9.10. The number of likely N-dealkylation sites (N-methyl/N-ethyl adjacent to an activating group) is 1. The molecule has 0 spiro atoms. The zero-order valence-electron chi connectivity index (χ0n) is 12.3. The van der Waals surface area contributed by atoms with Crippen molar-refractivity contribution in [2.45, 2.75) is 37.8 Å². The molecule has 1 N–H and O–H groups in total. The molecule has 4 heteroatoms. The molecule has 1 unspecified atom stereocenters. The fraction of sp³-hybridized carbons (Fsp3) is 0.625. The van der Waals surface area contributed by atoms with E-state index in [0.29, 0.717) is 6.04 Å². The highest BCUT2D eigenvalue weighted by Crippen LogP contribution is 2.31. The van der Waals surface area contributed by atoms with Gasteiger partial charge in [-0.2, -0.15) is 0 Å². The third kappa shape index (κ3) is 3.82. The van der Waals surface area contributed by atoms with Gasteiger partial charge in [0.2, 0.25) is 0 Å². The Bertz CT molecular complexity index is 413. The standard InChI is InChI=1S/C16H24BrNO2/c1-3-20-16(7-9-19-10-8-16)15(18-2)12-13-5-4-6-14(17)11-13/h4-6,11,15,18H,3,7-10,12H2,1-2H3. The molecule has 1 heterocycles. The Morgan fingerprint density at radius 2 is 2.15 bits per heavy atom. The van der Waals surface area contributed by atoms with Gasteiger partial charge in [0, 0.05) is 43.2 Å². The Labute approximate surface area is 130 Å². The van der Waals surface area contributed by atoms with Crippen molar-refractivity contribution in [3.05, 3.63) is 34.3 Å². The molecule has 1 saturated heterocycles. The first-order valence-corrected chi connectivity index (χ1v) is 8.13. The van der Waals surface area contributed by atoms with E-state index in [4.69, 9.17) is 9.47 Å². The Morgan fingerprint density at radius 3 is 2.75 bits per heavy atom. The van der Waals surface area contributed by atoms with Crippen molar-refractivity contribution in [3.8, 4) is 0 Å². The minimum absolute atomic E-state index is 0.107. The van der Waals surface area contributed by atoms with Gasteiger partial charge in [0.1, 0.15) is 0 Å². The molecule has 0 saturated carbocycles. The number of hydrogen-bond acceptors (Lipinski definition) is 3. The van der Waals surface area contributed by atoms with Crippen molar-refractivity contribution >= 4 is 15.9 Å². The van der Waals surface area contributed by atoms with Crippen LogP contribution in [-0.4, -0.2) is 38.5 Å². The van der Waals surface area contributed by atoms with E-state index in [-0.39, 0.29) is 5.60 Å². The second kappa shape index (κ2) is 7.55. The first kappa shape index (κ1) is 16.0. The van der Waals surface area contributed by atoms with Crippen molar-refractivity contribution in [3.63, 3.8) is 0 Å². The molecule has 1 aromatic rings. The van der Waals surface area contributed by atoms with Gasteiger partial charge in [-0.3, -0.25) is 0 Å². The van der Waals surface area contributed by atoms with Crippen molar-refractivity contribution in [2.24, 2.45) is 0 Å². The summed E-state index contributed by atoms with van der Waals surface area (Å²) < 4.78 is 12.8. The largest absolute Gasteiger partial charge is 0.381 e. The number of hydrogen-bond donors (Lipinski definition) is 1. The Morgan fingerprint density at radius 1 is 1.40 bits per heavy atom. The van der Waals surface area contributed by atoms with Crippen LogP contribution in [0.2, 0.25) is 0 Å². The van der Waals surface area contributed by atoms with E-state index in [1.165, 1.54) is 5.56 Å². The molecule has 1 aliphatic rings. The van der Waals surface area contributed by atoms with Crippen LogP contribution in [0.1, 0.15) is 25.3 Å². The first-order valence-electron chi connectivity index (χ1n) is 7.33. The van der Waals surface area contributed by atoms with Crippen molar-refractivity contribution in [2.75, 3.05) is 26.9 Å². The molecule has 0 radical (unpaired) electrons. The van der Waals surface area contributed by atoms with Crippen LogP contribution >= 0.6 is 15.9 Å². The van der Waals surface area contributed by atoms with Crippen LogP contribution in [-0.2, 0) is 15.9 Å². The summed E-state index contributed by atoms with van der Waals surface area (Å²) in [5.41, 5.74) is 1.22. The van der Waals surface area contributed by atoms with Crippen LogP contribution in [0.4, 0.5) is 0 Å². The van der Waals surface area contributed by atoms with Crippen LogP contribution in [0.5, 0.6) is 0 Å². The van der Waals surface area contributed by atoms with Crippen molar-refractivity contribution in [1.82, 2.24) is 5.32 Å². The molecule has 3 nitrogen and oxygen atoms in total. The highest BCUT2D eigenvalue weighted by atomic mass is 79.9. The lowest BCUT2D eigenvalue weighted by Crippen LogP contribution is -2.55. The van der Waals surface area contributed by atoms with Gasteiger partial charge >= 0.3 is 0 Å². The fourth-order valence-electron chi connectivity index (χ4n) is 3.05. The van der Waals surface area contributed by atoms with E-state index < -0.39 is 0 Å². The average molecular weight is 342 g/mol. The predicted molar refractivity (Wildman–Crippen MR) is 85.1 cm³/mol. The molecule has 0 aromatic heterocycles. The van der Waals surface area contributed by atoms with E-state index in [1.807, 2.05) is 7.05 Å². The van der Waals surface area contributed by atoms with Crippen molar-refractivity contribution in [1.29, 1.82) is 0 Å². The number of ether oxygens (including phenoxy) is 2. The molecule has 1 atom stereocenters. The van der Waals surface area contributed by atoms with Gasteiger partial charge in [-0.05, 0) is 38.1 Å². The SMILES string of the molecule is CCOC1(C(Cc2cccc(Br)c2)NC)CCOCC1. The molecule has 112 valence electrons. The van der Waals surface area contributed by atoms with Gasteiger partial charge in [-0.25, -0.2) is 0 Å². The first-order chi connectivity index (χ1) is 9.70. The number of halogens is 1. The predicted octanol–water partition coefficient (Wildman–Crippen LogP) is 3.17. The Hall–Kier alpha value is -0.420. The second-order valence-electron chi connectivity index (χ2n) is 5.29. The summed E-state index contributed by atoms with van der Waals surface area (Å²) in [6.45, 7) is 4.40. The summed E-state index contributed by atoms with van der Waals surface area (Å²) in [6.07, 6.45) is 2.89. The molecular formula is C16H24BrNO2. The smallest absolute Gasteiger partial charge is 0.0881 e. The Balaban J connectivity index is 2.15. The normalized spacial score (nSPS) is 19.8. The lowest BCUT2D eigenvalue weighted by atomic mass is 9.82. The summed E-state index contributed by atoms with van der Waals surface area (Å²) in [6, 6.07) is 8.81. The lowest BCUT2D eigenvalue weighted by molar-refractivity contribution is -0.125. The highest BCUT2D eigenvalue weighted by Gasteiger charge is 2.40. The van der Waals surface area contributed by atoms with E-state index in [0.717, 1.165) is 43.6 Å². The number of nitrogens with one attached hydrogen (secondary N) is 1. The zero-order chi connectivity index (χ0) is 14.4. The van der Waals surface area contributed by atoms with Crippen LogP contribution in [0.15, 0.2) is 28.7 Å². The van der Waals surface area contributed by atoms with E-state index in [9.17, 15) is 0 Å². The minimum atomic E-state index is -0.107. The van der Waals surface area contributed by atoms with Gasteiger partial charge in [-0.1, -0.05) is 28.1 Å². The third-order valence-corrected chi connectivity index (χ3v) is 4.58. The molecular weight excluding hydrogens is 318 g/mol. The van der Waals surface area contributed by atoms with Crippen molar-refractivity contribution < 1.29 is 9.47 Å². The van der Waals surface area contributed by atoms with E-state index >= 15 is 0 Å². The van der Waals surface area contributed by atoms with Gasteiger partial charge < -0.3 is 14.8 Å². The van der Waals surface area contributed by atoms with Gasteiger partial charge in [0.15, 0.2) is 0 Å². The van der Waals surface area contributed by atoms with Crippen LogP contribution in [0.25, 0.3) is 0 Å². The van der Waals surface area contributed by atoms with Crippen LogP contribution in [0, 0.1) is 0 Å². The fourth-order valence-corrected chi connectivity index (χ4v) is 3.50. The molecule has 0 aliphatic carbocycles. The van der Waals surface area contributed by atoms with Crippen LogP contribution in [0.3, 0.4) is 0 Å². The van der Waals surface area contributed by atoms with Gasteiger partial charge in [0.25, 0.3) is 0 Å². The van der Waals surface area contributed by atoms with E-state index in [2.05, 4.69) is 52.4 Å².